The summed E-state index contributed by atoms with van der Waals surface area (Å²) in [6.07, 6.45) is 5.28. The summed E-state index contributed by atoms with van der Waals surface area (Å²) < 4.78 is 10.9. The Morgan fingerprint density at radius 3 is 2.19 bits per heavy atom. The summed E-state index contributed by atoms with van der Waals surface area (Å²) in [7, 11) is 0. The van der Waals surface area contributed by atoms with Crippen LogP contribution in [0.1, 0.15) is 78.4 Å². The minimum absolute atomic E-state index is 0.0548. The lowest BCUT2D eigenvalue weighted by atomic mass is 9.83. The normalized spacial score (nSPS) is 19.9. The van der Waals surface area contributed by atoms with E-state index in [0.717, 1.165) is 57.7 Å². The number of anilines is 1. The van der Waals surface area contributed by atoms with Crippen molar-refractivity contribution in [1.82, 2.24) is 10.1 Å². The summed E-state index contributed by atoms with van der Waals surface area (Å²) >= 11 is 0. The predicted molar refractivity (Wildman–Crippen MR) is 122 cm³/mol. The molecule has 8 nitrogen and oxygen atoms in total. The van der Waals surface area contributed by atoms with Crippen molar-refractivity contribution in [1.29, 1.82) is 0 Å². The number of hydrogen-bond acceptors (Lipinski definition) is 6. The van der Waals surface area contributed by atoms with Gasteiger partial charge in [0.15, 0.2) is 11.6 Å². The van der Waals surface area contributed by atoms with E-state index in [-0.39, 0.29) is 12.0 Å². The van der Waals surface area contributed by atoms with Gasteiger partial charge in [0, 0.05) is 32.2 Å². The first kappa shape index (κ1) is 24.4. The summed E-state index contributed by atoms with van der Waals surface area (Å²) in [6.45, 7) is 12.8. The number of aliphatic carboxylic acids is 1. The van der Waals surface area contributed by atoms with Gasteiger partial charge in [-0.25, -0.2) is 4.79 Å². The van der Waals surface area contributed by atoms with E-state index >= 15 is 0 Å². The fourth-order valence-corrected chi connectivity index (χ4v) is 4.86. The monoisotopic (exact) mass is 449 g/mol. The molecule has 1 unspecified atom stereocenters. The van der Waals surface area contributed by atoms with Crippen molar-refractivity contribution >= 4 is 17.9 Å². The number of nitrogens with zero attached hydrogens (tertiary/aromatic N) is 3. The van der Waals surface area contributed by atoms with Crippen molar-refractivity contribution < 1.29 is 24.0 Å². The van der Waals surface area contributed by atoms with Crippen LogP contribution in [0, 0.1) is 17.8 Å². The van der Waals surface area contributed by atoms with Gasteiger partial charge in [0.25, 0.3) is 0 Å². The molecule has 8 heteroatoms. The summed E-state index contributed by atoms with van der Waals surface area (Å²) in [4.78, 5) is 27.8. The lowest BCUT2D eigenvalue weighted by molar-refractivity contribution is -0.140. The maximum absolute atomic E-state index is 12.3. The van der Waals surface area contributed by atoms with Crippen LogP contribution < -0.4 is 4.90 Å². The van der Waals surface area contributed by atoms with Crippen LogP contribution in [0.5, 0.6) is 0 Å². The number of ether oxygens (including phenoxy) is 1. The Morgan fingerprint density at radius 1 is 1.12 bits per heavy atom. The number of carbonyl (C=O) groups is 2. The highest BCUT2D eigenvalue weighted by Gasteiger charge is 2.31. The fourth-order valence-electron chi connectivity index (χ4n) is 4.86. The van der Waals surface area contributed by atoms with Crippen LogP contribution in [-0.2, 0) is 9.53 Å². The highest BCUT2D eigenvalue weighted by atomic mass is 16.6. The van der Waals surface area contributed by atoms with Crippen molar-refractivity contribution in [2.45, 2.75) is 78.2 Å². The van der Waals surface area contributed by atoms with Gasteiger partial charge in [0.2, 0.25) is 0 Å². The number of piperidine rings is 2. The second-order valence-corrected chi connectivity index (χ2v) is 10.7. The maximum atomic E-state index is 12.3. The van der Waals surface area contributed by atoms with Gasteiger partial charge in [-0.2, -0.15) is 0 Å². The molecule has 0 aromatic carbocycles. The highest BCUT2D eigenvalue weighted by Crippen LogP contribution is 2.33. The zero-order valence-electron chi connectivity index (χ0n) is 20.2. The molecule has 1 atom stereocenters. The van der Waals surface area contributed by atoms with Gasteiger partial charge in [-0.15, -0.1) is 0 Å². The summed E-state index contributed by atoms with van der Waals surface area (Å²) in [5, 5.41) is 13.6. The molecular formula is C24H39N3O5. The van der Waals surface area contributed by atoms with E-state index in [1.54, 1.807) is 6.07 Å². The number of rotatable bonds is 6. The van der Waals surface area contributed by atoms with Crippen molar-refractivity contribution in [3.63, 3.8) is 0 Å². The molecule has 0 radical (unpaired) electrons. The Balaban J connectivity index is 1.43. The molecule has 1 aromatic rings. The standard InChI is InChI=1S/C24H39N3O5/c1-16(2)21(22(28)29)19-15-20(25-32-19)26-10-6-17(7-11-26)14-18-8-12-27(13-9-18)23(30)31-24(3,4)5/h15-18,21H,6-14H2,1-5H3,(H,28,29). The molecule has 0 saturated carbocycles. The molecule has 2 fully saturated rings. The Kier molecular flexibility index (Phi) is 7.72. The molecule has 2 aliphatic rings. The maximum Gasteiger partial charge on any atom is 0.410 e. The fraction of sp³-hybridized carbons (Fsp3) is 0.792. The van der Waals surface area contributed by atoms with Crippen LogP contribution in [-0.4, -0.2) is 59.0 Å². The van der Waals surface area contributed by atoms with Crippen molar-refractivity contribution in [3.8, 4) is 0 Å². The zero-order valence-corrected chi connectivity index (χ0v) is 20.2. The first-order valence-corrected chi connectivity index (χ1v) is 12.0. The van der Waals surface area contributed by atoms with Crippen molar-refractivity contribution in [2.24, 2.45) is 17.8 Å². The van der Waals surface area contributed by atoms with Gasteiger partial charge >= 0.3 is 12.1 Å². The van der Waals surface area contributed by atoms with Gasteiger partial charge in [-0.05, 0) is 70.6 Å². The first-order chi connectivity index (χ1) is 15.0. The second-order valence-electron chi connectivity index (χ2n) is 10.7. The minimum Gasteiger partial charge on any atom is -0.481 e. The van der Waals surface area contributed by atoms with E-state index in [9.17, 15) is 14.7 Å². The third-order valence-corrected chi connectivity index (χ3v) is 6.63. The Labute approximate surface area is 191 Å². The van der Waals surface area contributed by atoms with E-state index in [2.05, 4.69) is 10.1 Å². The number of hydrogen-bond donors (Lipinski definition) is 1. The highest BCUT2D eigenvalue weighted by molar-refractivity contribution is 5.75. The number of carbonyl (C=O) groups excluding carboxylic acids is 1. The molecule has 0 aliphatic carbocycles. The van der Waals surface area contributed by atoms with E-state index in [0.29, 0.717) is 17.6 Å². The predicted octanol–water partition coefficient (Wildman–Crippen LogP) is 4.75. The summed E-state index contributed by atoms with van der Waals surface area (Å²) in [6, 6.07) is 1.80. The zero-order chi connectivity index (χ0) is 23.5. The van der Waals surface area contributed by atoms with Gasteiger partial charge in [-0.3, -0.25) is 4.79 Å². The smallest absolute Gasteiger partial charge is 0.410 e. The van der Waals surface area contributed by atoms with E-state index in [1.165, 1.54) is 6.42 Å². The number of likely N-dealkylation sites (tertiary alicyclic amines) is 1. The quantitative estimate of drug-likeness (QED) is 0.669. The Morgan fingerprint density at radius 2 is 1.69 bits per heavy atom. The van der Waals surface area contributed by atoms with Crippen molar-refractivity contribution in [3.05, 3.63) is 11.8 Å². The molecule has 1 amide bonds. The largest absolute Gasteiger partial charge is 0.481 e. The van der Waals surface area contributed by atoms with Crippen LogP contribution >= 0.6 is 0 Å². The third-order valence-electron chi connectivity index (χ3n) is 6.63. The molecular weight excluding hydrogens is 410 g/mol. The molecule has 1 aromatic heterocycles. The SMILES string of the molecule is CC(C)C(C(=O)O)c1cc(N2CCC(CC3CCN(C(=O)OC(C)(C)C)CC3)CC2)no1. The number of aromatic nitrogens is 1. The number of carboxylic acids is 1. The van der Waals surface area contributed by atoms with Gasteiger partial charge in [0.05, 0.1) is 0 Å². The molecule has 2 saturated heterocycles. The van der Waals surface area contributed by atoms with Crippen LogP contribution in [0.3, 0.4) is 0 Å². The van der Waals surface area contributed by atoms with Crippen LogP contribution in [0.15, 0.2) is 10.6 Å². The van der Waals surface area contributed by atoms with Gasteiger partial charge in [-0.1, -0.05) is 19.0 Å². The molecule has 3 rings (SSSR count). The second kappa shape index (κ2) is 10.1. The van der Waals surface area contributed by atoms with Gasteiger partial charge in [0.1, 0.15) is 11.5 Å². The lowest BCUT2D eigenvalue weighted by Crippen LogP contribution is -2.42. The van der Waals surface area contributed by atoms with E-state index < -0.39 is 17.5 Å². The van der Waals surface area contributed by atoms with E-state index in [1.807, 2.05) is 39.5 Å². The average Bonchev–Trinajstić information content (AvgIpc) is 3.16. The Hall–Kier alpha value is -2.25. The molecule has 180 valence electrons. The average molecular weight is 450 g/mol. The van der Waals surface area contributed by atoms with Crippen LogP contribution in [0.4, 0.5) is 10.6 Å². The van der Waals surface area contributed by atoms with Crippen LogP contribution in [0.2, 0.25) is 0 Å². The summed E-state index contributed by atoms with van der Waals surface area (Å²) in [5.41, 5.74) is -0.449. The molecule has 2 aliphatic heterocycles. The Bertz CT molecular complexity index is 769. The summed E-state index contributed by atoms with van der Waals surface area (Å²) in [5.74, 6) is 0.919. The molecule has 0 spiro atoms. The van der Waals surface area contributed by atoms with Crippen LogP contribution in [0.25, 0.3) is 0 Å². The van der Waals surface area contributed by atoms with Crippen molar-refractivity contribution in [2.75, 3.05) is 31.1 Å². The number of carboxylic acid groups (broad SMARTS) is 1. The van der Waals surface area contributed by atoms with E-state index in [4.69, 9.17) is 9.26 Å². The lowest BCUT2D eigenvalue weighted by Gasteiger charge is -2.37. The topological polar surface area (TPSA) is 96.1 Å². The first-order valence-electron chi connectivity index (χ1n) is 12.0. The number of amides is 1. The van der Waals surface area contributed by atoms with Gasteiger partial charge < -0.3 is 24.2 Å². The molecule has 3 heterocycles. The molecule has 1 N–H and O–H groups in total. The molecule has 32 heavy (non-hydrogen) atoms. The molecule has 0 bridgehead atoms. The minimum atomic E-state index is -0.876. The third kappa shape index (κ3) is 6.39.